The monoisotopic (exact) mass is 558 g/mol. The summed E-state index contributed by atoms with van der Waals surface area (Å²) in [6.07, 6.45) is 4.60. The summed E-state index contributed by atoms with van der Waals surface area (Å²) in [6, 6.07) is 13.5. The van der Waals surface area contributed by atoms with Crippen LogP contribution in [0.15, 0.2) is 67.5 Å². The van der Waals surface area contributed by atoms with Gasteiger partial charge in [-0.25, -0.2) is 22.5 Å². The number of halogens is 4. The third-order valence-electron chi connectivity index (χ3n) is 7.24. The Kier molecular flexibility index (Phi) is 6.78. The second-order valence-electron chi connectivity index (χ2n) is 10.1. The fraction of sp³-hybridized carbons (Fsp3) is 0.194. The van der Waals surface area contributed by atoms with E-state index < -0.39 is 11.7 Å². The molecular formula is C31H26F4N6. The molecule has 6 nitrogen and oxygen atoms in total. The number of rotatable bonds is 6. The maximum atomic E-state index is 16.2. The number of para-hydroxylation sites is 1. The van der Waals surface area contributed by atoms with E-state index in [4.69, 9.17) is 4.98 Å². The van der Waals surface area contributed by atoms with Crippen LogP contribution >= 0.6 is 0 Å². The van der Waals surface area contributed by atoms with Crippen LogP contribution in [-0.4, -0.2) is 49.1 Å². The quantitative estimate of drug-likeness (QED) is 0.267. The van der Waals surface area contributed by atoms with Crippen molar-refractivity contribution in [1.82, 2.24) is 30.0 Å². The van der Waals surface area contributed by atoms with E-state index in [1.165, 1.54) is 18.3 Å². The molecule has 0 saturated carbocycles. The van der Waals surface area contributed by atoms with Gasteiger partial charge in [0.25, 0.3) is 5.92 Å². The number of likely N-dealkylation sites (tertiary alicyclic amines) is 1. The van der Waals surface area contributed by atoms with Gasteiger partial charge in [0.1, 0.15) is 17.3 Å². The van der Waals surface area contributed by atoms with Gasteiger partial charge in [-0.2, -0.15) is 5.10 Å². The number of hydrogen-bond acceptors (Lipinski definition) is 4. The summed E-state index contributed by atoms with van der Waals surface area (Å²) in [7, 11) is 0. The zero-order valence-electron chi connectivity index (χ0n) is 22.2. The highest BCUT2D eigenvalue weighted by Gasteiger charge is 2.38. The number of nitrogens with one attached hydrogen (secondary N) is 2. The Morgan fingerprint density at radius 2 is 1.98 bits per heavy atom. The van der Waals surface area contributed by atoms with Gasteiger partial charge in [-0.05, 0) is 42.3 Å². The Morgan fingerprint density at radius 1 is 1.15 bits per heavy atom. The Balaban J connectivity index is 1.40. The van der Waals surface area contributed by atoms with Crippen LogP contribution in [0.1, 0.15) is 24.5 Å². The van der Waals surface area contributed by atoms with Crippen LogP contribution in [0.5, 0.6) is 0 Å². The van der Waals surface area contributed by atoms with Gasteiger partial charge < -0.3 is 4.98 Å². The Morgan fingerprint density at radius 3 is 2.73 bits per heavy atom. The summed E-state index contributed by atoms with van der Waals surface area (Å²) in [5.74, 6) is -3.36. The molecule has 41 heavy (non-hydrogen) atoms. The van der Waals surface area contributed by atoms with Crippen LogP contribution in [0.3, 0.4) is 0 Å². The van der Waals surface area contributed by atoms with E-state index in [2.05, 4.69) is 26.7 Å². The van der Waals surface area contributed by atoms with Crippen molar-refractivity contribution in [3.8, 4) is 22.6 Å². The SMILES string of the molecule is C=C(/C(F)=c1/c(-c2nc3c(-c4cccc(F)c4)cccc3[nH]2)n[nH]/c1=C/C)c1cncc(CN2CCC(F)(F)C2)c1. The lowest BCUT2D eigenvalue weighted by atomic mass is 10.0. The first-order valence-corrected chi connectivity index (χ1v) is 13.1. The average molecular weight is 559 g/mol. The first-order valence-electron chi connectivity index (χ1n) is 13.1. The Labute approximate surface area is 232 Å². The van der Waals surface area contributed by atoms with Crippen molar-refractivity contribution in [2.45, 2.75) is 25.8 Å². The molecule has 6 rings (SSSR count). The van der Waals surface area contributed by atoms with Crippen molar-refractivity contribution in [3.05, 3.63) is 95.0 Å². The lowest BCUT2D eigenvalue weighted by molar-refractivity contribution is 0.0115. The third-order valence-corrected chi connectivity index (χ3v) is 7.24. The maximum absolute atomic E-state index is 16.2. The van der Waals surface area contributed by atoms with Crippen LogP contribution in [0.25, 0.3) is 51.2 Å². The molecule has 1 aliphatic rings. The molecule has 0 spiro atoms. The van der Waals surface area contributed by atoms with Crippen molar-refractivity contribution in [2.75, 3.05) is 13.1 Å². The van der Waals surface area contributed by atoms with Crippen LogP contribution in [0.2, 0.25) is 0 Å². The van der Waals surface area contributed by atoms with Crippen LogP contribution in [-0.2, 0) is 6.54 Å². The van der Waals surface area contributed by atoms with E-state index in [0.29, 0.717) is 38.9 Å². The van der Waals surface area contributed by atoms with E-state index in [0.717, 1.165) is 5.56 Å². The number of alkyl halides is 2. The number of aromatic amines is 2. The fourth-order valence-corrected chi connectivity index (χ4v) is 5.21. The second kappa shape index (κ2) is 10.4. The largest absolute Gasteiger partial charge is 0.337 e. The Bertz CT molecular complexity index is 1910. The summed E-state index contributed by atoms with van der Waals surface area (Å²) >= 11 is 0. The minimum Gasteiger partial charge on any atom is -0.337 e. The molecule has 10 heteroatoms. The standard InChI is InChI=1S/C31H26F4N6/c1-3-24-26(27(33)18(2)21-12-19(14-36-15-21)16-41-11-10-31(34,35)17-41)29(40-39-24)30-37-25-9-5-8-23(28(25)38-30)20-6-4-7-22(32)13-20/h3-9,12-15,39H,2,10-11,16-17H2,1H3,(H,37,38)/b24-3+,27-26-. The van der Waals surface area contributed by atoms with E-state index in [-0.39, 0.29) is 48.4 Å². The molecule has 0 radical (unpaired) electrons. The lowest BCUT2D eigenvalue weighted by Gasteiger charge is -2.16. The first-order chi connectivity index (χ1) is 19.7. The topological polar surface area (TPSA) is 73.5 Å². The average Bonchev–Trinajstić information content (AvgIpc) is 3.68. The Hall–Kier alpha value is -4.57. The molecule has 0 bridgehead atoms. The van der Waals surface area contributed by atoms with E-state index in [1.54, 1.807) is 42.3 Å². The summed E-state index contributed by atoms with van der Waals surface area (Å²) < 4.78 is 57.5. The number of aromatic nitrogens is 5. The highest BCUT2D eigenvalue weighted by Crippen LogP contribution is 2.31. The van der Waals surface area contributed by atoms with Crippen LogP contribution in [0.4, 0.5) is 17.6 Å². The summed E-state index contributed by atoms with van der Waals surface area (Å²) in [6.45, 7) is 5.99. The number of nitrogens with zero attached hydrogens (tertiary/aromatic N) is 4. The van der Waals surface area contributed by atoms with Crippen molar-refractivity contribution in [2.24, 2.45) is 0 Å². The summed E-state index contributed by atoms with van der Waals surface area (Å²) in [5.41, 5.74) is 4.10. The summed E-state index contributed by atoms with van der Waals surface area (Å²) in [5, 5.41) is 7.84. The van der Waals surface area contributed by atoms with Crippen LogP contribution < -0.4 is 10.6 Å². The van der Waals surface area contributed by atoms with E-state index in [1.807, 2.05) is 18.2 Å². The van der Waals surface area contributed by atoms with Gasteiger partial charge in [0.05, 0.1) is 28.1 Å². The minimum absolute atomic E-state index is 0.0772. The number of fused-ring (bicyclic) bond motifs is 1. The molecule has 3 aromatic heterocycles. The molecule has 0 aliphatic carbocycles. The molecule has 5 aromatic rings. The minimum atomic E-state index is -2.70. The van der Waals surface area contributed by atoms with Crippen molar-refractivity contribution in [3.63, 3.8) is 0 Å². The van der Waals surface area contributed by atoms with Gasteiger partial charge in [0.2, 0.25) is 0 Å². The molecule has 208 valence electrons. The van der Waals surface area contributed by atoms with Crippen molar-refractivity contribution in [1.29, 1.82) is 0 Å². The van der Waals surface area contributed by atoms with Gasteiger partial charge >= 0.3 is 0 Å². The number of allylic oxidation sites excluding steroid dienone is 1. The lowest BCUT2D eigenvalue weighted by Crippen LogP contribution is -2.26. The van der Waals surface area contributed by atoms with Gasteiger partial charge in [-0.15, -0.1) is 0 Å². The van der Waals surface area contributed by atoms with Crippen LogP contribution in [0, 0.1) is 5.82 Å². The van der Waals surface area contributed by atoms with E-state index in [9.17, 15) is 13.2 Å². The molecule has 2 N–H and O–H groups in total. The number of benzene rings is 2. The molecule has 1 saturated heterocycles. The molecule has 2 aromatic carbocycles. The molecule has 0 unspecified atom stereocenters. The number of H-pyrrole nitrogens is 2. The smallest absolute Gasteiger partial charge is 0.261 e. The first kappa shape index (κ1) is 26.6. The fourth-order valence-electron chi connectivity index (χ4n) is 5.21. The van der Waals surface area contributed by atoms with Crippen molar-refractivity contribution >= 4 is 28.5 Å². The molecule has 0 atom stereocenters. The maximum Gasteiger partial charge on any atom is 0.261 e. The molecule has 0 amide bonds. The molecule has 4 heterocycles. The van der Waals surface area contributed by atoms with Gasteiger partial charge in [-0.3, -0.25) is 15.0 Å². The number of pyridine rings is 1. The highest BCUT2D eigenvalue weighted by atomic mass is 19.3. The van der Waals surface area contributed by atoms with Gasteiger partial charge in [0, 0.05) is 48.6 Å². The highest BCUT2D eigenvalue weighted by molar-refractivity contribution is 5.95. The van der Waals surface area contributed by atoms with Crippen molar-refractivity contribution < 1.29 is 17.6 Å². The van der Waals surface area contributed by atoms with Gasteiger partial charge in [0.15, 0.2) is 5.82 Å². The zero-order valence-corrected chi connectivity index (χ0v) is 22.2. The predicted octanol–water partition coefficient (Wildman–Crippen LogP) is 5.59. The normalized spacial score (nSPS) is 16.5. The second-order valence-corrected chi connectivity index (χ2v) is 10.1. The number of imidazole rings is 1. The zero-order chi connectivity index (χ0) is 28.7. The molecule has 1 fully saturated rings. The summed E-state index contributed by atoms with van der Waals surface area (Å²) in [4.78, 5) is 13.8. The van der Waals surface area contributed by atoms with Gasteiger partial charge in [-0.1, -0.05) is 36.9 Å². The molecule has 1 aliphatic heterocycles. The third kappa shape index (κ3) is 5.18. The van der Waals surface area contributed by atoms with E-state index >= 15 is 4.39 Å². The number of hydrogen-bond donors (Lipinski definition) is 2. The predicted molar refractivity (Wildman–Crippen MR) is 151 cm³/mol. The molecular weight excluding hydrogens is 532 g/mol.